The van der Waals surface area contributed by atoms with E-state index in [4.69, 9.17) is 0 Å². The highest BCUT2D eigenvalue weighted by Gasteiger charge is 2.15. The van der Waals surface area contributed by atoms with Crippen molar-refractivity contribution in [1.29, 1.82) is 0 Å². The van der Waals surface area contributed by atoms with Gasteiger partial charge < -0.3 is 0 Å². The standard InChI is InChI=1S/C50H32/c1-2-13-37-29-39(28-23-33(37)11-1)38-15-9-16-40(30-38)49-32-41-31-48(44-18-5-7-20-46(44)50(41)47-21-8-6-19-45(47)49)36-26-24-35(25-27-36)43-22-10-14-34-12-3-4-17-42(34)43/h1-32H. The first-order chi connectivity index (χ1) is 24.8. The Balaban J connectivity index is 1.15. The fraction of sp³-hybridized carbons (Fsp3) is 0. The molecular weight excluding hydrogens is 601 g/mol. The van der Waals surface area contributed by atoms with Crippen LogP contribution in [0.1, 0.15) is 0 Å². The van der Waals surface area contributed by atoms with Gasteiger partial charge in [-0.1, -0.05) is 170 Å². The topological polar surface area (TPSA) is 0 Å². The van der Waals surface area contributed by atoms with E-state index in [0.29, 0.717) is 0 Å². The van der Waals surface area contributed by atoms with E-state index in [1.165, 1.54) is 98.4 Å². The predicted molar refractivity (Wildman–Crippen MR) is 216 cm³/mol. The molecule has 0 N–H and O–H groups in total. The van der Waals surface area contributed by atoms with Crippen LogP contribution in [0.2, 0.25) is 0 Å². The average molecular weight is 633 g/mol. The van der Waals surface area contributed by atoms with Crippen LogP contribution in [0, 0.1) is 0 Å². The fourth-order valence-corrected chi connectivity index (χ4v) is 8.00. The van der Waals surface area contributed by atoms with Crippen LogP contribution in [0.3, 0.4) is 0 Å². The molecule has 0 unspecified atom stereocenters. The van der Waals surface area contributed by atoms with Crippen molar-refractivity contribution >= 4 is 53.9 Å². The molecule has 0 aliphatic heterocycles. The zero-order valence-electron chi connectivity index (χ0n) is 27.5. The van der Waals surface area contributed by atoms with Crippen molar-refractivity contribution in [1.82, 2.24) is 0 Å². The van der Waals surface area contributed by atoms with Gasteiger partial charge in [-0.05, 0) is 123 Å². The molecule has 0 amide bonds. The number of fused-ring (bicyclic) bond motifs is 7. The van der Waals surface area contributed by atoms with Crippen LogP contribution in [-0.2, 0) is 0 Å². The van der Waals surface area contributed by atoms with Crippen molar-refractivity contribution in [2.75, 3.05) is 0 Å². The lowest BCUT2D eigenvalue weighted by atomic mass is 9.87. The molecule has 50 heavy (non-hydrogen) atoms. The largest absolute Gasteiger partial charge is 0.0616 e. The van der Waals surface area contributed by atoms with Gasteiger partial charge in [0.2, 0.25) is 0 Å². The molecule has 0 aliphatic carbocycles. The van der Waals surface area contributed by atoms with Crippen LogP contribution in [0.5, 0.6) is 0 Å². The molecule has 10 rings (SSSR count). The minimum absolute atomic E-state index is 1.22. The van der Waals surface area contributed by atoms with Gasteiger partial charge in [-0.3, -0.25) is 0 Å². The molecular formula is C50H32. The lowest BCUT2D eigenvalue weighted by molar-refractivity contribution is 1.62. The molecule has 0 radical (unpaired) electrons. The van der Waals surface area contributed by atoms with E-state index in [0.717, 1.165) is 0 Å². The van der Waals surface area contributed by atoms with Crippen molar-refractivity contribution < 1.29 is 0 Å². The number of hydrogen-bond acceptors (Lipinski definition) is 0. The number of hydrogen-bond donors (Lipinski definition) is 0. The minimum Gasteiger partial charge on any atom is -0.0616 e. The summed E-state index contributed by atoms with van der Waals surface area (Å²) in [5.41, 5.74) is 9.91. The summed E-state index contributed by atoms with van der Waals surface area (Å²) in [6.45, 7) is 0. The van der Waals surface area contributed by atoms with Gasteiger partial charge in [-0.2, -0.15) is 0 Å². The Bertz CT molecular complexity index is 2900. The maximum absolute atomic E-state index is 2.41. The van der Waals surface area contributed by atoms with Gasteiger partial charge in [-0.25, -0.2) is 0 Å². The Kier molecular flexibility index (Phi) is 6.60. The predicted octanol–water partition coefficient (Wildman–Crippen LogP) is 14.1. The Morgan fingerprint density at radius 1 is 0.200 bits per heavy atom. The molecule has 0 heterocycles. The summed E-state index contributed by atoms with van der Waals surface area (Å²) in [6, 6.07) is 71.4. The summed E-state index contributed by atoms with van der Waals surface area (Å²) in [4.78, 5) is 0. The third-order valence-corrected chi connectivity index (χ3v) is 10.4. The second-order valence-electron chi connectivity index (χ2n) is 13.3. The van der Waals surface area contributed by atoms with Gasteiger partial charge in [-0.15, -0.1) is 0 Å². The van der Waals surface area contributed by atoms with Gasteiger partial charge in [0, 0.05) is 0 Å². The van der Waals surface area contributed by atoms with Gasteiger partial charge in [0.25, 0.3) is 0 Å². The summed E-state index contributed by atoms with van der Waals surface area (Å²) in [7, 11) is 0. The number of benzene rings is 10. The third kappa shape index (κ3) is 4.69. The molecule has 10 aromatic rings. The van der Waals surface area contributed by atoms with Gasteiger partial charge in [0.05, 0.1) is 0 Å². The molecule has 0 fully saturated rings. The fourth-order valence-electron chi connectivity index (χ4n) is 8.00. The summed E-state index contributed by atoms with van der Waals surface area (Å²) >= 11 is 0. The summed E-state index contributed by atoms with van der Waals surface area (Å²) in [5.74, 6) is 0. The van der Waals surface area contributed by atoms with Crippen LogP contribution < -0.4 is 0 Å². The highest BCUT2D eigenvalue weighted by Crippen LogP contribution is 2.43. The van der Waals surface area contributed by atoms with E-state index in [2.05, 4.69) is 194 Å². The molecule has 0 aromatic heterocycles. The molecule has 0 heteroatoms. The molecule has 10 aromatic carbocycles. The Morgan fingerprint density at radius 2 is 0.680 bits per heavy atom. The van der Waals surface area contributed by atoms with Crippen molar-refractivity contribution in [2.45, 2.75) is 0 Å². The Labute approximate surface area is 291 Å². The van der Waals surface area contributed by atoms with E-state index < -0.39 is 0 Å². The lowest BCUT2D eigenvalue weighted by Gasteiger charge is -2.17. The first-order valence-corrected chi connectivity index (χ1v) is 17.3. The highest BCUT2D eigenvalue weighted by molar-refractivity contribution is 6.25. The summed E-state index contributed by atoms with van der Waals surface area (Å²) in [5, 5.41) is 12.7. The molecule has 0 bridgehead atoms. The van der Waals surface area contributed by atoms with Gasteiger partial charge >= 0.3 is 0 Å². The van der Waals surface area contributed by atoms with E-state index in [1.807, 2.05) is 0 Å². The van der Waals surface area contributed by atoms with Crippen LogP contribution in [0.4, 0.5) is 0 Å². The molecule has 232 valence electrons. The molecule has 0 nitrogen and oxygen atoms in total. The van der Waals surface area contributed by atoms with Crippen LogP contribution >= 0.6 is 0 Å². The summed E-state index contributed by atoms with van der Waals surface area (Å²) < 4.78 is 0. The smallest absolute Gasteiger partial charge is 0.00259 e. The second kappa shape index (κ2) is 11.6. The van der Waals surface area contributed by atoms with Crippen LogP contribution in [0.15, 0.2) is 194 Å². The van der Waals surface area contributed by atoms with E-state index in [9.17, 15) is 0 Å². The third-order valence-electron chi connectivity index (χ3n) is 10.4. The first-order valence-electron chi connectivity index (χ1n) is 17.3. The quantitative estimate of drug-likeness (QED) is 0.169. The first kappa shape index (κ1) is 28.5. The van der Waals surface area contributed by atoms with E-state index >= 15 is 0 Å². The van der Waals surface area contributed by atoms with Crippen molar-refractivity contribution in [3.8, 4) is 44.5 Å². The molecule has 0 aliphatic rings. The number of rotatable bonds is 4. The summed E-state index contributed by atoms with van der Waals surface area (Å²) in [6.07, 6.45) is 0. The maximum Gasteiger partial charge on any atom is -0.00259 e. The lowest BCUT2D eigenvalue weighted by Crippen LogP contribution is -1.90. The maximum atomic E-state index is 2.41. The van der Waals surface area contributed by atoms with Crippen LogP contribution in [-0.4, -0.2) is 0 Å². The minimum atomic E-state index is 1.22. The zero-order chi connectivity index (χ0) is 33.0. The van der Waals surface area contributed by atoms with E-state index in [-0.39, 0.29) is 0 Å². The second-order valence-corrected chi connectivity index (χ2v) is 13.3. The van der Waals surface area contributed by atoms with Gasteiger partial charge in [0.1, 0.15) is 0 Å². The van der Waals surface area contributed by atoms with Crippen molar-refractivity contribution in [2.24, 2.45) is 0 Å². The SMILES string of the molecule is c1cc(-c2ccc3ccccc3c2)cc(-c2cc3cc(-c4ccc(-c5cccc6ccccc56)cc4)c4ccccc4c3c3ccccc23)c1. The highest BCUT2D eigenvalue weighted by atomic mass is 14.2. The zero-order valence-corrected chi connectivity index (χ0v) is 27.5. The average Bonchev–Trinajstić information content (AvgIpc) is 3.20. The molecule has 0 saturated carbocycles. The van der Waals surface area contributed by atoms with Gasteiger partial charge in [0.15, 0.2) is 0 Å². The molecule has 0 spiro atoms. The Morgan fingerprint density at radius 3 is 1.40 bits per heavy atom. The van der Waals surface area contributed by atoms with Crippen LogP contribution in [0.25, 0.3) is 98.4 Å². The Hall–Kier alpha value is -6.50. The normalized spacial score (nSPS) is 11.6. The van der Waals surface area contributed by atoms with Crippen molar-refractivity contribution in [3.63, 3.8) is 0 Å². The molecule has 0 saturated heterocycles. The van der Waals surface area contributed by atoms with E-state index in [1.54, 1.807) is 0 Å². The monoisotopic (exact) mass is 632 g/mol. The van der Waals surface area contributed by atoms with Crippen molar-refractivity contribution in [3.05, 3.63) is 194 Å². The molecule has 0 atom stereocenters.